The van der Waals surface area contributed by atoms with E-state index in [0.29, 0.717) is 6.07 Å². The molecular formula is C11H8ClF6NO3. The fourth-order valence-electron chi connectivity index (χ4n) is 1.47. The molecule has 0 saturated carbocycles. The average molecular weight is 352 g/mol. The Morgan fingerprint density at radius 3 is 2.27 bits per heavy atom. The van der Waals surface area contributed by atoms with Crippen LogP contribution in [0.5, 0.6) is 5.75 Å². The molecule has 0 unspecified atom stereocenters. The molecule has 11 heteroatoms. The zero-order chi connectivity index (χ0) is 17.1. The lowest BCUT2D eigenvalue weighted by Gasteiger charge is -2.18. The number of hydrogen-bond donors (Lipinski definition) is 0. The van der Waals surface area contributed by atoms with Gasteiger partial charge in [0.2, 0.25) is 0 Å². The number of ether oxygens (including phenoxy) is 2. The predicted molar refractivity (Wildman–Crippen MR) is 61.4 cm³/mol. The zero-order valence-corrected chi connectivity index (χ0v) is 11.6. The Kier molecular flexibility index (Phi) is 5.49. The Morgan fingerprint density at radius 1 is 1.27 bits per heavy atom. The Bertz CT molecular complexity index is 558. The molecule has 0 aliphatic rings. The molecule has 0 fully saturated rings. The summed E-state index contributed by atoms with van der Waals surface area (Å²) in [6, 6.07) is 0.367. The average Bonchev–Trinajstić information content (AvgIpc) is 2.34. The van der Waals surface area contributed by atoms with E-state index in [-0.39, 0.29) is 6.61 Å². The summed E-state index contributed by atoms with van der Waals surface area (Å²) in [6.07, 6.45) is -10.7. The van der Waals surface area contributed by atoms with Gasteiger partial charge >= 0.3 is 18.5 Å². The number of carbonyl (C=O) groups is 1. The highest BCUT2D eigenvalue weighted by Gasteiger charge is 2.44. The van der Waals surface area contributed by atoms with Gasteiger partial charge in [-0.05, 0) is 6.92 Å². The summed E-state index contributed by atoms with van der Waals surface area (Å²) < 4.78 is 83.5. The number of halogens is 7. The lowest BCUT2D eigenvalue weighted by atomic mass is 10.1. The summed E-state index contributed by atoms with van der Waals surface area (Å²) in [5.41, 5.74) is -3.72. The number of hydrogen-bond acceptors (Lipinski definition) is 4. The van der Waals surface area contributed by atoms with Crippen molar-refractivity contribution in [3.05, 3.63) is 23.0 Å². The van der Waals surface area contributed by atoms with Crippen LogP contribution in [-0.4, -0.2) is 23.9 Å². The van der Waals surface area contributed by atoms with Gasteiger partial charge in [-0.2, -0.15) is 13.2 Å². The molecule has 0 N–H and O–H groups in total. The molecule has 0 aromatic carbocycles. The third-order valence-electron chi connectivity index (χ3n) is 2.15. The van der Waals surface area contributed by atoms with E-state index in [1.165, 1.54) is 6.92 Å². The van der Waals surface area contributed by atoms with Gasteiger partial charge < -0.3 is 9.47 Å². The van der Waals surface area contributed by atoms with Crippen molar-refractivity contribution in [2.75, 3.05) is 6.61 Å². The van der Waals surface area contributed by atoms with Crippen molar-refractivity contribution in [3.63, 3.8) is 0 Å². The summed E-state index contributed by atoms with van der Waals surface area (Å²) in [5, 5.41) is 0. The van der Waals surface area contributed by atoms with Crippen molar-refractivity contribution in [3.8, 4) is 5.75 Å². The second kappa shape index (κ2) is 6.59. The van der Waals surface area contributed by atoms with E-state index in [4.69, 9.17) is 11.6 Å². The molecule has 0 amide bonds. The van der Waals surface area contributed by atoms with Crippen LogP contribution < -0.4 is 4.74 Å². The first kappa shape index (κ1) is 18.3. The second-order valence-electron chi connectivity index (χ2n) is 3.73. The van der Waals surface area contributed by atoms with E-state index in [0.717, 1.165) is 0 Å². The van der Waals surface area contributed by atoms with E-state index in [2.05, 4.69) is 14.5 Å². The molecule has 1 aromatic heterocycles. The third kappa shape index (κ3) is 4.65. The van der Waals surface area contributed by atoms with Crippen molar-refractivity contribution in [2.45, 2.75) is 25.3 Å². The van der Waals surface area contributed by atoms with E-state index in [9.17, 15) is 31.1 Å². The minimum atomic E-state index is -5.39. The quantitative estimate of drug-likeness (QED) is 0.469. The van der Waals surface area contributed by atoms with Crippen LogP contribution >= 0.6 is 11.6 Å². The van der Waals surface area contributed by atoms with E-state index < -0.39 is 47.1 Å². The normalized spacial score (nSPS) is 12.2. The van der Waals surface area contributed by atoms with Gasteiger partial charge in [0.1, 0.15) is 11.3 Å². The maximum absolute atomic E-state index is 13.0. The van der Waals surface area contributed by atoms with Crippen LogP contribution in [0.1, 0.15) is 28.7 Å². The lowest BCUT2D eigenvalue weighted by molar-refractivity contribution is -0.276. The molecule has 124 valence electrons. The van der Waals surface area contributed by atoms with Gasteiger partial charge in [-0.15, -0.1) is 24.8 Å². The summed E-state index contributed by atoms with van der Waals surface area (Å²) >= 11 is 5.36. The van der Waals surface area contributed by atoms with Gasteiger partial charge in [-0.3, -0.25) is 0 Å². The summed E-state index contributed by atoms with van der Waals surface area (Å²) in [7, 11) is 0. The van der Waals surface area contributed by atoms with Crippen LogP contribution in [0.2, 0.25) is 0 Å². The van der Waals surface area contributed by atoms with Crippen molar-refractivity contribution in [2.24, 2.45) is 0 Å². The smallest absolute Gasteiger partial charge is 0.461 e. The van der Waals surface area contributed by atoms with Gasteiger partial charge in [0.05, 0.1) is 18.2 Å². The zero-order valence-electron chi connectivity index (χ0n) is 10.8. The first-order chi connectivity index (χ1) is 9.99. The second-order valence-corrected chi connectivity index (χ2v) is 4.00. The van der Waals surface area contributed by atoms with Crippen LogP contribution in [0.3, 0.4) is 0 Å². The minimum Gasteiger partial charge on any atom is -0.461 e. The summed E-state index contributed by atoms with van der Waals surface area (Å²) in [4.78, 5) is 14.8. The number of esters is 1. The molecule has 0 spiro atoms. The van der Waals surface area contributed by atoms with E-state index in [1.807, 2.05) is 0 Å². The van der Waals surface area contributed by atoms with E-state index in [1.54, 1.807) is 0 Å². The Hall–Kier alpha value is -1.71. The van der Waals surface area contributed by atoms with Crippen LogP contribution in [0.4, 0.5) is 26.3 Å². The molecule has 0 aliphatic carbocycles. The first-order valence-electron chi connectivity index (χ1n) is 5.59. The van der Waals surface area contributed by atoms with Crippen LogP contribution in [0.25, 0.3) is 0 Å². The molecule has 1 heterocycles. The predicted octanol–water partition coefficient (Wildman–Crippen LogP) is 3.91. The molecule has 0 radical (unpaired) electrons. The van der Waals surface area contributed by atoms with Crippen LogP contribution in [-0.2, 0) is 16.8 Å². The van der Waals surface area contributed by atoms with Crippen molar-refractivity contribution >= 4 is 17.6 Å². The largest absolute Gasteiger partial charge is 0.573 e. The number of carbonyl (C=O) groups excluding carboxylic acids is 1. The molecule has 22 heavy (non-hydrogen) atoms. The Balaban J connectivity index is 3.59. The number of pyridine rings is 1. The number of rotatable bonds is 4. The monoisotopic (exact) mass is 351 g/mol. The van der Waals surface area contributed by atoms with Crippen LogP contribution in [0.15, 0.2) is 6.07 Å². The molecule has 0 atom stereocenters. The maximum atomic E-state index is 13.0. The first-order valence-corrected chi connectivity index (χ1v) is 6.13. The highest BCUT2D eigenvalue weighted by Crippen LogP contribution is 2.41. The fourth-order valence-corrected chi connectivity index (χ4v) is 1.60. The van der Waals surface area contributed by atoms with E-state index >= 15 is 0 Å². The number of aromatic nitrogens is 1. The lowest BCUT2D eigenvalue weighted by Crippen LogP contribution is -2.24. The van der Waals surface area contributed by atoms with Gasteiger partial charge in [-0.1, -0.05) is 0 Å². The van der Waals surface area contributed by atoms with Crippen LogP contribution in [0, 0.1) is 0 Å². The van der Waals surface area contributed by atoms with Crippen molar-refractivity contribution < 1.29 is 40.6 Å². The summed E-state index contributed by atoms with van der Waals surface area (Å²) in [6.45, 7) is 1.02. The van der Waals surface area contributed by atoms with Gasteiger partial charge in [0, 0.05) is 6.07 Å². The number of nitrogens with zero attached hydrogens (tertiary/aromatic N) is 1. The molecule has 4 nitrogen and oxygen atoms in total. The minimum absolute atomic E-state index is 0.293. The summed E-state index contributed by atoms with van der Waals surface area (Å²) in [5.74, 6) is -3.68. The van der Waals surface area contributed by atoms with Gasteiger partial charge in [0.25, 0.3) is 0 Å². The SMILES string of the molecule is CCOC(=O)c1nc(CCl)cc(OC(F)(F)F)c1C(F)(F)F. The molecular weight excluding hydrogens is 344 g/mol. The highest BCUT2D eigenvalue weighted by molar-refractivity contribution is 6.16. The standard InChI is InChI=1S/C11H8ClF6NO3/c1-2-21-9(20)8-7(10(13,14)15)6(22-11(16,17)18)3-5(4-12)19-8/h3H,2,4H2,1H3. The number of alkyl halides is 7. The maximum Gasteiger partial charge on any atom is 0.573 e. The molecule has 0 saturated heterocycles. The Labute approximate surface area is 125 Å². The van der Waals surface area contributed by atoms with Crippen molar-refractivity contribution in [1.29, 1.82) is 0 Å². The highest BCUT2D eigenvalue weighted by atomic mass is 35.5. The topological polar surface area (TPSA) is 48.4 Å². The fraction of sp³-hybridized carbons (Fsp3) is 0.455. The van der Waals surface area contributed by atoms with Gasteiger partial charge in [0.15, 0.2) is 5.69 Å². The third-order valence-corrected chi connectivity index (χ3v) is 2.42. The van der Waals surface area contributed by atoms with Gasteiger partial charge in [-0.25, -0.2) is 9.78 Å². The van der Waals surface area contributed by atoms with Crippen molar-refractivity contribution in [1.82, 2.24) is 4.98 Å². The molecule has 0 bridgehead atoms. The molecule has 1 aromatic rings. The Morgan fingerprint density at radius 2 is 1.86 bits per heavy atom. The molecule has 0 aliphatic heterocycles. The molecule has 1 rings (SSSR count).